The fourth-order valence-electron chi connectivity index (χ4n) is 1.51. The molecule has 1 aliphatic heterocycles. The van der Waals surface area contributed by atoms with Gasteiger partial charge in [0.05, 0.1) is 6.21 Å². The van der Waals surface area contributed by atoms with Crippen molar-refractivity contribution < 1.29 is 0 Å². The second-order valence-electron chi connectivity index (χ2n) is 4.71. The Hall–Kier alpha value is -1.66. The molecule has 0 saturated carbocycles. The summed E-state index contributed by atoms with van der Waals surface area (Å²) < 4.78 is 0. The van der Waals surface area contributed by atoms with Gasteiger partial charge in [-0.3, -0.25) is 0 Å². The Morgan fingerprint density at radius 2 is 1.93 bits per heavy atom. The van der Waals surface area contributed by atoms with Crippen LogP contribution < -0.4 is 0 Å². The van der Waals surface area contributed by atoms with Gasteiger partial charge >= 0.3 is 0 Å². The first kappa shape index (κ1) is 9.88. The van der Waals surface area contributed by atoms with Crippen LogP contribution in [0.2, 0.25) is 0 Å². The summed E-state index contributed by atoms with van der Waals surface area (Å²) in [6, 6.07) is 6.41. The molecule has 0 unspecified atom stereocenters. The Balaban J connectivity index is 2.54. The molecule has 0 fully saturated rings. The van der Waals surface area contributed by atoms with Crippen LogP contribution in [-0.4, -0.2) is 12.1 Å². The molecule has 0 spiro atoms. The van der Waals surface area contributed by atoms with Gasteiger partial charge in [-0.15, -0.1) is 10.2 Å². The van der Waals surface area contributed by atoms with Crippen molar-refractivity contribution in [3.05, 3.63) is 34.9 Å². The molecule has 1 aromatic rings. The zero-order valence-electron chi connectivity index (χ0n) is 9.28. The molecule has 0 radical (unpaired) electrons. The van der Waals surface area contributed by atoms with Crippen LogP contribution in [0.3, 0.4) is 0 Å². The summed E-state index contributed by atoms with van der Waals surface area (Å²) in [5.74, 6) is 2.76. The van der Waals surface area contributed by atoms with E-state index in [1.807, 2.05) is 6.08 Å². The van der Waals surface area contributed by atoms with Crippen LogP contribution in [0.25, 0.3) is 6.08 Å². The van der Waals surface area contributed by atoms with E-state index in [0.29, 0.717) is 0 Å². The average molecular weight is 198 g/mol. The van der Waals surface area contributed by atoms with Crippen LogP contribution in [0.4, 0.5) is 0 Å². The van der Waals surface area contributed by atoms with Gasteiger partial charge in [0, 0.05) is 17.5 Å². The fraction of sp³-hybridized carbons (Fsp3) is 0.308. The Morgan fingerprint density at radius 3 is 2.67 bits per heavy atom. The van der Waals surface area contributed by atoms with E-state index in [0.717, 1.165) is 11.1 Å². The highest BCUT2D eigenvalue weighted by atomic mass is 15.2. The molecule has 1 aliphatic rings. The summed E-state index contributed by atoms with van der Waals surface area (Å²) in [4.78, 5) is 0. The van der Waals surface area contributed by atoms with Crippen LogP contribution in [0.5, 0.6) is 0 Å². The molecule has 15 heavy (non-hydrogen) atoms. The van der Waals surface area contributed by atoms with Gasteiger partial charge in [0.1, 0.15) is 0 Å². The third-order valence-corrected chi connectivity index (χ3v) is 2.49. The highest BCUT2D eigenvalue weighted by Gasteiger charge is 2.14. The minimum absolute atomic E-state index is 0.166. The summed E-state index contributed by atoms with van der Waals surface area (Å²) >= 11 is 0. The van der Waals surface area contributed by atoms with Crippen molar-refractivity contribution in [3.63, 3.8) is 0 Å². The molecule has 1 aromatic carbocycles. The molecule has 2 heteroatoms. The molecular formula is C13H14N2. The van der Waals surface area contributed by atoms with E-state index in [2.05, 4.69) is 55.0 Å². The average Bonchev–Trinajstić information content (AvgIpc) is 2.39. The van der Waals surface area contributed by atoms with E-state index in [1.54, 1.807) is 6.21 Å². The van der Waals surface area contributed by atoms with Gasteiger partial charge < -0.3 is 0 Å². The molecule has 0 bridgehead atoms. The van der Waals surface area contributed by atoms with E-state index >= 15 is 0 Å². The highest BCUT2D eigenvalue weighted by molar-refractivity contribution is 5.92. The maximum atomic E-state index is 3.89. The lowest BCUT2D eigenvalue weighted by Crippen LogP contribution is -2.11. The Labute approximate surface area is 90.1 Å². The van der Waals surface area contributed by atoms with E-state index in [1.165, 1.54) is 5.56 Å². The van der Waals surface area contributed by atoms with Crippen LogP contribution in [0.15, 0.2) is 28.4 Å². The topological polar surface area (TPSA) is 24.7 Å². The van der Waals surface area contributed by atoms with Crippen molar-refractivity contribution in [1.29, 1.82) is 0 Å². The highest BCUT2D eigenvalue weighted by Crippen LogP contribution is 2.24. The molecule has 0 aliphatic carbocycles. The summed E-state index contributed by atoms with van der Waals surface area (Å²) in [5, 5.41) is 7.63. The minimum Gasteiger partial charge on any atom is -0.150 e. The summed E-state index contributed by atoms with van der Waals surface area (Å²) in [7, 11) is 0. The van der Waals surface area contributed by atoms with Crippen molar-refractivity contribution in [1.82, 2.24) is 0 Å². The molecule has 1 heterocycles. The smallest absolute Gasteiger partial charge is 0.0582 e. The van der Waals surface area contributed by atoms with Gasteiger partial charge in [0.2, 0.25) is 0 Å². The van der Waals surface area contributed by atoms with E-state index in [9.17, 15) is 0 Å². The van der Waals surface area contributed by atoms with Gasteiger partial charge in [0.25, 0.3) is 0 Å². The largest absolute Gasteiger partial charge is 0.150 e. The first-order valence-corrected chi connectivity index (χ1v) is 5.04. The molecule has 0 atom stereocenters. The van der Waals surface area contributed by atoms with E-state index in [4.69, 9.17) is 0 Å². The van der Waals surface area contributed by atoms with Crippen molar-refractivity contribution >= 4 is 18.2 Å². The molecule has 2 nitrogen and oxygen atoms in total. The Bertz CT molecular complexity index is 470. The van der Waals surface area contributed by atoms with Gasteiger partial charge in [-0.05, 0) is 22.6 Å². The molecule has 2 rings (SSSR count). The first-order valence-electron chi connectivity index (χ1n) is 5.04. The quantitative estimate of drug-likeness (QED) is 0.612. The van der Waals surface area contributed by atoms with Gasteiger partial charge in [-0.1, -0.05) is 32.9 Å². The fourth-order valence-corrected chi connectivity index (χ4v) is 1.51. The normalized spacial score (nSPS) is 13.8. The van der Waals surface area contributed by atoms with E-state index < -0.39 is 0 Å². The summed E-state index contributed by atoms with van der Waals surface area (Å²) in [6.45, 7) is 6.61. The lowest BCUT2D eigenvalue weighted by molar-refractivity contribution is 0.590. The maximum absolute atomic E-state index is 3.89. The molecular weight excluding hydrogens is 184 g/mol. The van der Waals surface area contributed by atoms with Crippen molar-refractivity contribution in [2.75, 3.05) is 0 Å². The van der Waals surface area contributed by atoms with Crippen LogP contribution in [0.1, 0.15) is 37.5 Å². The molecule has 76 valence electrons. The number of fused-ring (bicyclic) bond motifs is 1. The van der Waals surface area contributed by atoms with Crippen LogP contribution in [-0.2, 0) is 5.41 Å². The molecule has 0 amide bonds. The van der Waals surface area contributed by atoms with Crippen molar-refractivity contribution in [3.8, 4) is 0 Å². The number of nitrogens with zero attached hydrogens (tertiary/aromatic N) is 2. The molecule has 0 N–H and O–H groups in total. The maximum Gasteiger partial charge on any atom is 0.0582 e. The monoisotopic (exact) mass is 198 g/mol. The molecule has 0 aromatic heterocycles. The summed E-state index contributed by atoms with van der Waals surface area (Å²) in [6.07, 6.45) is 3.63. The number of rotatable bonds is 0. The van der Waals surface area contributed by atoms with Crippen LogP contribution >= 0.6 is 0 Å². The first-order chi connectivity index (χ1) is 7.07. The SMILES string of the molecule is CC(C)(C)c1ccc2c(c1)C=NN=C=C2. The third-order valence-electron chi connectivity index (χ3n) is 2.49. The Kier molecular flexibility index (Phi) is 2.29. The van der Waals surface area contributed by atoms with Gasteiger partial charge in [-0.2, -0.15) is 0 Å². The standard InChI is InChI=1S/C13H14N2/c1-13(2,3)12-5-4-10-6-7-14-15-9-11(10)8-12/h4-6,8-9H,1-3H3. The second-order valence-corrected chi connectivity index (χ2v) is 4.71. The van der Waals surface area contributed by atoms with Crippen LogP contribution in [0, 0.1) is 0 Å². The van der Waals surface area contributed by atoms with Crippen molar-refractivity contribution in [2.24, 2.45) is 10.2 Å². The predicted octanol–water partition coefficient (Wildman–Crippen LogP) is 3.01. The van der Waals surface area contributed by atoms with E-state index in [-0.39, 0.29) is 5.41 Å². The van der Waals surface area contributed by atoms with Crippen molar-refractivity contribution in [2.45, 2.75) is 26.2 Å². The zero-order chi connectivity index (χ0) is 10.9. The lowest BCUT2D eigenvalue weighted by Gasteiger charge is -2.19. The molecule has 0 saturated heterocycles. The van der Waals surface area contributed by atoms with Gasteiger partial charge in [-0.25, -0.2) is 0 Å². The third kappa shape index (κ3) is 2.05. The number of hydrogen-bond acceptors (Lipinski definition) is 2. The van der Waals surface area contributed by atoms with Gasteiger partial charge in [0.15, 0.2) is 0 Å². The minimum atomic E-state index is 0.166. The second kappa shape index (κ2) is 3.48. The summed E-state index contributed by atoms with van der Waals surface area (Å²) in [5.41, 5.74) is 3.70. The number of benzene rings is 1. The number of hydrogen-bond donors (Lipinski definition) is 0. The predicted molar refractivity (Wildman–Crippen MR) is 64.6 cm³/mol. The Morgan fingerprint density at radius 1 is 1.13 bits per heavy atom. The lowest BCUT2D eigenvalue weighted by atomic mass is 9.85. The zero-order valence-corrected chi connectivity index (χ0v) is 9.28.